The fourth-order valence-electron chi connectivity index (χ4n) is 0.994. The molecular weight excluding hydrogens is 245 g/mol. The van der Waals surface area contributed by atoms with Gasteiger partial charge in [-0.2, -0.15) is 0 Å². The quantitative estimate of drug-likeness (QED) is 0.606. The minimum atomic E-state index is -0.308. The molecule has 4 heteroatoms. The molecule has 0 unspecified atom stereocenters. The van der Waals surface area contributed by atoms with Crippen molar-refractivity contribution < 1.29 is 4.79 Å². The van der Waals surface area contributed by atoms with Gasteiger partial charge in [-0.15, -0.1) is 0 Å². The van der Waals surface area contributed by atoms with Gasteiger partial charge < -0.3 is 0 Å². The average Bonchev–Trinajstić information content (AvgIpc) is 2.15. The average molecular weight is 256 g/mol. The van der Waals surface area contributed by atoms with E-state index < -0.39 is 0 Å². The van der Waals surface area contributed by atoms with E-state index in [1.54, 1.807) is 18.2 Å². The molecule has 1 aromatic rings. The molecule has 0 saturated heterocycles. The standard InChI is InChI=1S/C12H11Cl2NO/c1-8(2)3-4-15-12(16)9-5-10(13)7-11(14)6-9/h5-8H,1-2H3,(H,15,16). The van der Waals surface area contributed by atoms with Crippen LogP contribution in [0.4, 0.5) is 0 Å². The van der Waals surface area contributed by atoms with Gasteiger partial charge >= 0.3 is 0 Å². The Kier molecular flexibility index (Phi) is 4.67. The molecule has 1 rings (SSSR count). The van der Waals surface area contributed by atoms with Crippen LogP contribution in [0.1, 0.15) is 24.2 Å². The highest BCUT2D eigenvalue weighted by atomic mass is 35.5. The Bertz CT molecular complexity index is 438. The van der Waals surface area contributed by atoms with Gasteiger partial charge in [-0.3, -0.25) is 10.1 Å². The second kappa shape index (κ2) is 5.79. The summed E-state index contributed by atoms with van der Waals surface area (Å²) in [6, 6.07) is 7.24. The summed E-state index contributed by atoms with van der Waals surface area (Å²) in [7, 11) is 0. The number of carbonyl (C=O) groups excluding carboxylic acids is 1. The summed E-state index contributed by atoms with van der Waals surface area (Å²) >= 11 is 11.6. The van der Waals surface area contributed by atoms with Crippen molar-refractivity contribution in [1.82, 2.24) is 5.32 Å². The molecule has 0 fully saturated rings. The van der Waals surface area contributed by atoms with E-state index in [1.165, 1.54) is 0 Å². The van der Waals surface area contributed by atoms with Gasteiger partial charge in [0.1, 0.15) is 0 Å². The first-order valence-corrected chi connectivity index (χ1v) is 5.51. The fourth-order valence-corrected chi connectivity index (χ4v) is 1.52. The highest BCUT2D eigenvalue weighted by Crippen LogP contribution is 2.18. The third-order valence-corrected chi connectivity index (χ3v) is 2.10. The molecule has 2 nitrogen and oxygen atoms in total. The van der Waals surface area contributed by atoms with Crippen LogP contribution < -0.4 is 5.32 Å². The van der Waals surface area contributed by atoms with Crippen molar-refractivity contribution in [3.8, 4) is 12.0 Å². The lowest BCUT2D eigenvalue weighted by Gasteiger charge is -2.00. The van der Waals surface area contributed by atoms with E-state index in [1.807, 2.05) is 13.8 Å². The summed E-state index contributed by atoms with van der Waals surface area (Å²) in [4.78, 5) is 11.6. The van der Waals surface area contributed by atoms with Crippen LogP contribution in [-0.2, 0) is 0 Å². The smallest absolute Gasteiger partial charge is 0.262 e. The summed E-state index contributed by atoms with van der Waals surface area (Å²) < 4.78 is 0. The van der Waals surface area contributed by atoms with E-state index in [-0.39, 0.29) is 11.8 Å². The summed E-state index contributed by atoms with van der Waals surface area (Å²) in [5, 5.41) is 3.32. The molecule has 84 valence electrons. The largest absolute Gasteiger partial charge is 0.281 e. The van der Waals surface area contributed by atoms with Gasteiger partial charge in [0.2, 0.25) is 0 Å². The molecule has 16 heavy (non-hydrogen) atoms. The third kappa shape index (κ3) is 4.14. The summed E-state index contributed by atoms with van der Waals surface area (Å²) in [5.74, 6) is 2.73. The molecule has 0 aromatic heterocycles. The van der Waals surface area contributed by atoms with Crippen LogP contribution >= 0.6 is 23.2 Å². The van der Waals surface area contributed by atoms with Crippen molar-refractivity contribution >= 4 is 29.1 Å². The predicted octanol–water partition coefficient (Wildman–Crippen LogP) is 3.34. The Morgan fingerprint density at radius 2 is 1.81 bits per heavy atom. The van der Waals surface area contributed by atoms with E-state index in [0.717, 1.165) is 0 Å². The van der Waals surface area contributed by atoms with Gasteiger partial charge in [0.25, 0.3) is 5.91 Å². The van der Waals surface area contributed by atoms with E-state index in [0.29, 0.717) is 15.6 Å². The topological polar surface area (TPSA) is 29.1 Å². The van der Waals surface area contributed by atoms with Crippen molar-refractivity contribution in [2.75, 3.05) is 0 Å². The van der Waals surface area contributed by atoms with Crippen molar-refractivity contribution in [2.45, 2.75) is 13.8 Å². The van der Waals surface area contributed by atoms with E-state index in [2.05, 4.69) is 17.3 Å². The zero-order valence-electron chi connectivity index (χ0n) is 8.97. The molecule has 0 spiro atoms. The summed E-state index contributed by atoms with van der Waals surface area (Å²) in [5.41, 5.74) is 0.399. The summed E-state index contributed by atoms with van der Waals surface area (Å²) in [6.45, 7) is 3.88. The van der Waals surface area contributed by atoms with Crippen molar-refractivity contribution in [3.63, 3.8) is 0 Å². The van der Waals surface area contributed by atoms with E-state index in [4.69, 9.17) is 23.2 Å². The zero-order chi connectivity index (χ0) is 12.1. The van der Waals surface area contributed by atoms with Crippen molar-refractivity contribution in [1.29, 1.82) is 0 Å². The monoisotopic (exact) mass is 255 g/mol. The van der Waals surface area contributed by atoms with Crippen LogP contribution in [0.2, 0.25) is 10.0 Å². The van der Waals surface area contributed by atoms with Gasteiger partial charge in [0.05, 0.1) is 0 Å². The first-order chi connectivity index (χ1) is 7.49. The molecule has 0 atom stereocenters. The Morgan fingerprint density at radius 1 is 1.25 bits per heavy atom. The minimum Gasteiger partial charge on any atom is -0.281 e. The zero-order valence-corrected chi connectivity index (χ0v) is 10.5. The van der Waals surface area contributed by atoms with Crippen molar-refractivity contribution in [3.05, 3.63) is 33.8 Å². The highest BCUT2D eigenvalue weighted by molar-refractivity contribution is 6.35. The van der Waals surface area contributed by atoms with Gasteiger partial charge in [0, 0.05) is 27.6 Å². The minimum absolute atomic E-state index is 0.211. The van der Waals surface area contributed by atoms with Crippen LogP contribution in [0.5, 0.6) is 0 Å². The SMILES string of the molecule is CC(C)C#CNC(=O)c1cc(Cl)cc(Cl)c1. The molecule has 0 bridgehead atoms. The molecule has 1 aromatic carbocycles. The molecule has 0 aliphatic rings. The molecule has 0 saturated carbocycles. The lowest BCUT2D eigenvalue weighted by atomic mass is 10.2. The van der Waals surface area contributed by atoms with Crippen LogP contribution in [0.25, 0.3) is 0 Å². The number of amides is 1. The Labute approximate surface area is 105 Å². The van der Waals surface area contributed by atoms with Gasteiger partial charge in [-0.1, -0.05) is 43.0 Å². The highest BCUT2D eigenvalue weighted by Gasteiger charge is 2.05. The maximum Gasteiger partial charge on any atom is 0.262 e. The van der Waals surface area contributed by atoms with Gasteiger partial charge in [-0.25, -0.2) is 0 Å². The first-order valence-electron chi connectivity index (χ1n) is 4.76. The second-order valence-electron chi connectivity index (χ2n) is 3.54. The van der Waals surface area contributed by atoms with Crippen molar-refractivity contribution in [2.24, 2.45) is 5.92 Å². The number of halogens is 2. The first kappa shape index (κ1) is 12.9. The van der Waals surface area contributed by atoms with E-state index in [9.17, 15) is 4.79 Å². The third-order valence-electron chi connectivity index (χ3n) is 1.66. The van der Waals surface area contributed by atoms with Crippen LogP contribution in [0.3, 0.4) is 0 Å². The number of hydrogen-bond acceptors (Lipinski definition) is 1. The Hall–Kier alpha value is -1.17. The Morgan fingerprint density at radius 3 is 2.31 bits per heavy atom. The molecule has 0 radical (unpaired) electrons. The number of rotatable bonds is 1. The van der Waals surface area contributed by atoms with Gasteiger partial charge in [-0.05, 0) is 18.2 Å². The molecule has 1 amide bonds. The Balaban J connectivity index is 2.78. The second-order valence-corrected chi connectivity index (χ2v) is 4.41. The fraction of sp³-hybridized carbons (Fsp3) is 0.250. The molecule has 0 heterocycles. The lowest BCUT2D eigenvalue weighted by molar-refractivity contribution is 0.0973. The number of benzene rings is 1. The number of carbonyl (C=O) groups is 1. The lowest BCUT2D eigenvalue weighted by Crippen LogP contribution is -2.17. The normalized spacial score (nSPS) is 9.56. The summed E-state index contributed by atoms with van der Waals surface area (Å²) in [6.07, 6.45) is 0. The number of nitrogens with one attached hydrogen (secondary N) is 1. The van der Waals surface area contributed by atoms with Gasteiger partial charge in [0.15, 0.2) is 0 Å². The maximum atomic E-state index is 11.6. The molecular formula is C12H11Cl2NO. The van der Waals surface area contributed by atoms with Crippen LogP contribution in [0.15, 0.2) is 18.2 Å². The number of hydrogen-bond donors (Lipinski definition) is 1. The van der Waals surface area contributed by atoms with Crippen LogP contribution in [-0.4, -0.2) is 5.91 Å². The molecule has 0 aliphatic carbocycles. The van der Waals surface area contributed by atoms with E-state index >= 15 is 0 Å². The molecule has 0 aliphatic heterocycles. The predicted molar refractivity (Wildman–Crippen MR) is 66.5 cm³/mol. The van der Waals surface area contributed by atoms with Crippen LogP contribution in [0, 0.1) is 17.9 Å². The maximum absolute atomic E-state index is 11.6. The molecule has 1 N–H and O–H groups in total.